The van der Waals surface area contributed by atoms with Crippen LogP contribution >= 0.6 is 0 Å². The molecule has 0 spiro atoms. The molecule has 2 aliphatic rings. The van der Waals surface area contributed by atoms with Crippen LogP contribution in [0.3, 0.4) is 0 Å². The van der Waals surface area contributed by atoms with Crippen LogP contribution in [0.15, 0.2) is 23.6 Å². The van der Waals surface area contributed by atoms with Crippen molar-refractivity contribution in [1.82, 2.24) is 5.32 Å². The lowest BCUT2D eigenvalue weighted by Crippen LogP contribution is -2.48. The first-order chi connectivity index (χ1) is 7.02. The molecule has 0 radical (unpaired) electrons. The van der Waals surface area contributed by atoms with E-state index in [2.05, 4.69) is 38.2 Å². The highest BCUT2D eigenvalue weighted by Gasteiger charge is 2.35. The molecule has 1 aliphatic carbocycles. The molecule has 0 saturated carbocycles. The van der Waals surface area contributed by atoms with Crippen LogP contribution in [0.4, 0.5) is 0 Å². The Hall–Kier alpha value is -0.920. The molecule has 0 aromatic rings. The highest BCUT2D eigenvalue weighted by Crippen LogP contribution is 2.38. The topological polar surface area (TPSA) is 21.3 Å². The minimum atomic E-state index is 0.220. The van der Waals surface area contributed by atoms with Crippen LogP contribution in [0, 0.1) is 11.8 Å². The van der Waals surface area contributed by atoms with Crippen LogP contribution in [0.1, 0.15) is 33.6 Å². The van der Waals surface area contributed by atoms with Crippen LogP contribution in [-0.4, -0.2) is 12.6 Å². The Morgan fingerprint density at radius 1 is 1.47 bits per heavy atom. The van der Waals surface area contributed by atoms with Crippen molar-refractivity contribution >= 4 is 0 Å². The van der Waals surface area contributed by atoms with E-state index in [0.717, 1.165) is 18.1 Å². The lowest BCUT2D eigenvalue weighted by atomic mass is 9.74. The van der Waals surface area contributed by atoms with Gasteiger partial charge in [0.25, 0.3) is 0 Å². The molecular weight excluding hydrogens is 186 g/mol. The van der Waals surface area contributed by atoms with Crippen molar-refractivity contribution in [2.45, 2.75) is 39.2 Å². The molecule has 1 heterocycles. The third-order valence-electron chi connectivity index (χ3n) is 3.51. The quantitative estimate of drug-likeness (QED) is 0.714. The highest BCUT2D eigenvalue weighted by atomic mass is 16.5. The van der Waals surface area contributed by atoms with Gasteiger partial charge in [-0.1, -0.05) is 6.92 Å². The van der Waals surface area contributed by atoms with E-state index in [1.807, 2.05) is 0 Å². The van der Waals surface area contributed by atoms with Gasteiger partial charge in [-0.3, -0.25) is 0 Å². The third kappa shape index (κ3) is 2.04. The monoisotopic (exact) mass is 207 g/mol. The fourth-order valence-corrected chi connectivity index (χ4v) is 2.89. The summed E-state index contributed by atoms with van der Waals surface area (Å²) in [5.74, 6) is 2.41. The van der Waals surface area contributed by atoms with Gasteiger partial charge in [-0.15, -0.1) is 0 Å². The summed E-state index contributed by atoms with van der Waals surface area (Å²) in [6.07, 6.45) is 6.71. The van der Waals surface area contributed by atoms with Crippen LogP contribution in [0.2, 0.25) is 0 Å². The van der Waals surface area contributed by atoms with E-state index in [-0.39, 0.29) is 5.54 Å². The molecular formula is C13H21NO. The largest absolute Gasteiger partial charge is 0.497 e. The Labute approximate surface area is 92.4 Å². The molecule has 15 heavy (non-hydrogen) atoms. The van der Waals surface area contributed by atoms with E-state index in [9.17, 15) is 0 Å². The van der Waals surface area contributed by atoms with Crippen LogP contribution in [0.25, 0.3) is 0 Å². The fraction of sp³-hybridized carbons (Fsp3) is 0.692. The third-order valence-corrected chi connectivity index (χ3v) is 3.51. The molecule has 2 nitrogen and oxygen atoms in total. The van der Waals surface area contributed by atoms with Gasteiger partial charge < -0.3 is 10.1 Å². The van der Waals surface area contributed by atoms with Gasteiger partial charge >= 0.3 is 0 Å². The SMILES string of the molecule is COC1=CCC2C(=C1)NC(C)(C)CC2C. The minimum absolute atomic E-state index is 0.220. The van der Waals surface area contributed by atoms with E-state index in [1.54, 1.807) is 7.11 Å². The van der Waals surface area contributed by atoms with Crippen molar-refractivity contribution in [3.63, 3.8) is 0 Å². The molecule has 2 rings (SSSR count). The predicted molar refractivity (Wildman–Crippen MR) is 62.3 cm³/mol. The normalized spacial score (nSPS) is 33.3. The zero-order valence-corrected chi connectivity index (χ0v) is 10.1. The Bertz CT molecular complexity index is 314. The molecule has 1 aliphatic heterocycles. The van der Waals surface area contributed by atoms with Crippen LogP contribution in [0.5, 0.6) is 0 Å². The number of ether oxygens (including phenoxy) is 1. The number of hydrogen-bond donors (Lipinski definition) is 1. The van der Waals surface area contributed by atoms with Crippen molar-refractivity contribution in [1.29, 1.82) is 0 Å². The second kappa shape index (κ2) is 3.58. The fourth-order valence-electron chi connectivity index (χ4n) is 2.89. The summed E-state index contributed by atoms with van der Waals surface area (Å²) in [5.41, 5.74) is 1.58. The van der Waals surface area contributed by atoms with E-state index < -0.39 is 0 Å². The van der Waals surface area contributed by atoms with Crippen molar-refractivity contribution in [3.05, 3.63) is 23.6 Å². The van der Waals surface area contributed by atoms with Crippen molar-refractivity contribution in [2.75, 3.05) is 7.11 Å². The number of rotatable bonds is 1. The number of allylic oxidation sites excluding steroid dienone is 3. The average Bonchev–Trinajstić information content (AvgIpc) is 2.14. The number of piperidine rings is 1. The number of hydrogen-bond acceptors (Lipinski definition) is 2. The highest BCUT2D eigenvalue weighted by molar-refractivity contribution is 5.28. The molecule has 2 heteroatoms. The Morgan fingerprint density at radius 3 is 2.87 bits per heavy atom. The van der Waals surface area contributed by atoms with Crippen LogP contribution in [-0.2, 0) is 4.74 Å². The van der Waals surface area contributed by atoms with Crippen molar-refractivity contribution in [3.8, 4) is 0 Å². The Kier molecular flexibility index (Phi) is 2.53. The van der Waals surface area contributed by atoms with Gasteiger partial charge in [0.2, 0.25) is 0 Å². The van der Waals surface area contributed by atoms with Gasteiger partial charge in [-0.2, -0.15) is 0 Å². The van der Waals surface area contributed by atoms with Gasteiger partial charge in [-0.05, 0) is 44.8 Å². The second-order valence-corrected chi connectivity index (χ2v) is 5.44. The molecule has 1 saturated heterocycles. The van der Waals surface area contributed by atoms with Gasteiger partial charge in [0.05, 0.1) is 7.11 Å². The first-order valence-electron chi connectivity index (χ1n) is 5.76. The maximum absolute atomic E-state index is 5.29. The van der Waals surface area contributed by atoms with E-state index in [1.165, 1.54) is 12.1 Å². The van der Waals surface area contributed by atoms with Gasteiger partial charge in [0.15, 0.2) is 0 Å². The molecule has 1 fully saturated rings. The first kappa shape index (κ1) is 10.6. The van der Waals surface area contributed by atoms with Crippen molar-refractivity contribution in [2.24, 2.45) is 11.8 Å². The molecule has 1 N–H and O–H groups in total. The Balaban J connectivity index is 2.23. The van der Waals surface area contributed by atoms with Gasteiger partial charge in [-0.25, -0.2) is 0 Å². The van der Waals surface area contributed by atoms with E-state index >= 15 is 0 Å². The Morgan fingerprint density at radius 2 is 2.20 bits per heavy atom. The van der Waals surface area contributed by atoms with Gasteiger partial charge in [0.1, 0.15) is 5.76 Å². The predicted octanol–water partition coefficient (Wildman–Crippen LogP) is 2.83. The second-order valence-electron chi connectivity index (χ2n) is 5.44. The van der Waals surface area contributed by atoms with E-state index in [4.69, 9.17) is 4.74 Å². The maximum atomic E-state index is 5.29. The summed E-state index contributed by atoms with van der Waals surface area (Å²) in [4.78, 5) is 0. The number of fused-ring (bicyclic) bond motifs is 1. The minimum Gasteiger partial charge on any atom is -0.497 e. The zero-order chi connectivity index (χ0) is 11.1. The summed E-state index contributed by atoms with van der Waals surface area (Å²) in [6.45, 7) is 6.89. The molecule has 0 aromatic carbocycles. The summed E-state index contributed by atoms with van der Waals surface area (Å²) in [6, 6.07) is 0. The lowest BCUT2D eigenvalue weighted by molar-refractivity contribution is 0.205. The smallest absolute Gasteiger partial charge is 0.116 e. The summed E-state index contributed by atoms with van der Waals surface area (Å²) < 4.78 is 5.29. The van der Waals surface area contributed by atoms with Gasteiger partial charge in [0, 0.05) is 17.2 Å². The standard InChI is InChI=1S/C13H21NO/c1-9-8-13(2,3)14-12-7-10(15-4)5-6-11(9)12/h5,7,9,11,14H,6,8H2,1-4H3. The number of nitrogens with one attached hydrogen (secondary N) is 1. The molecule has 0 amide bonds. The molecule has 2 atom stereocenters. The first-order valence-corrected chi connectivity index (χ1v) is 5.76. The van der Waals surface area contributed by atoms with E-state index in [0.29, 0.717) is 5.92 Å². The van der Waals surface area contributed by atoms with Crippen molar-refractivity contribution < 1.29 is 4.74 Å². The molecule has 0 aromatic heterocycles. The number of methoxy groups -OCH3 is 1. The summed E-state index contributed by atoms with van der Waals surface area (Å²) in [7, 11) is 1.74. The molecule has 84 valence electrons. The molecule has 0 bridgehead atoms. The lowest BCUT2D eigenvalue weighted by Gasteiger charge is -2.44. The summed E-state index contributed by atoms with van der Waals surface area (Å²) in [5, 5.41) is 3.63. The molecule has 2 unspecified atom stereocenters. The maximum Gasteiger partial charge on any atom is 0.116 e. The average molecular weight is 207 g/mol. The zero-order valence-electron chi connectivity index (χ0n) is 10.1. The summed E-state index contributed by atoms with van der Waals surface area (Å²) >= 11 is 0. The van der Waals surface area contributed by atoms with Crippen LogP contribution < -0.4 is 5.32 Å².